The zero-order valence-electron chi connectivity index (χ0n) is 23.7. The normalized spacial score (nSPS) is 12.1. The number of sulfonamides is 1. The molecule has 0 saturated heterocycles. The van der Waals surface area contributed by atoms with Crippen LogP contribution in [-0.2, 0) is 26.2 Å². The van der Waals surface area contributed by atoms with Crippen LogP contribution in [0.25, 0.3) is 0 Å². The van der Waals surface area contributed by atoms with Gasteiger partial charge in [0.05, 0.1) is 17.7 Å². The number of carbonyl (C=O) groups excluding carboxylic acids is 2. The molecular formula is C30H35Cl2N3O5S. The molecule has 8 nitrogen and oxygen atoms in total. The fraction of sp³-hybridized carbons (Fsp3) is 0.333. The van der Waals surface area contributed by atoms with Crippen LogP contribution in [0.15, 0.2) is 71.6 Å². The van der Waals surface area contributed by atoms with Gasteiger partial charge >= 0.3 is 0 Å². The van der Waals surface area contributed by atoms with Gasteiger partial charge < -0.3 is 15.0 Å². The maximum atomic E-state index is 14.1. The molecule has 0 spiro atoms. The molecule has 1 atom stereocenters. The van der Waals surface area contributed by atoms with Crippen LogP contribution in [-0.4, -0.2) is 50.9 Å². The lowest BCUT2D eigenvalue weighted by atomic mass is 10.1. The fourth-order valence-corrected chi connectivity index (χ4v) is 6.13. The molecule has 41 heavy (non-hydrogen) atoms. The van der Waals surface area contributed by atoms with Gasteiger partial charge in [-0.25, -0.2) is 8.42 Å². The van der Waals surface area contributed by atoms with Crippen LogP contribution < -0.4 is 14.4 Å². The van der Waals surface area contributed by atoms with Crippen molar-refractivity contribution in [2.45, 2.75) is 57.6 Å². The lowest BCUT2D eigenvalue weighted by molar-refractivity contribution is -0.140. The molecule has 2 amide bonds. The number of rotatable bonds is 12. The van der Waals surface area contributed by atoms with Crippen molar-refractivity contribution < 1.29 is 22.7 Å². The maximum Gasteiger partial charge on any atom is 0.264 e. The van der Waals surface area contributed by atoms with E-state index >= 15 is 0 Å². The highest BCUT2D eigenvalue weighted by Crippen LogP contribution is 2.28. The van der Waals surface area contributed by atoms with Crippen LogP contribution in [0, 0.1) is 6.92 Å². The standard InChI is InChI=1S/C30H35Cl2N3O5S/c1-6-28(30(37)33-20(2)3)34(18-22-9-10-23(31)17-27(22)32)29(36)19-35(24-11-13-25(40-5)14-12-24)41(38,39)26-15-7-21(4)8-16-26/h7-17,20,28H,6,18-19H2,1-5H3,(H,33,37). The molecule has 1 N–H and O–H groups in total. The van der Waals surface area contributed by atoms with Gasteiger partial charge in [-0.2, -0.15) is 0 Å². The molecule has 0 saturated carbocycles. The Morgan fingerprint density at radius 2 is 1.61 bits per heavy atom. The van der Waals surface area contributed by atoms with Crippen molar-refractivity contribution >= 4 is 50.7 Å². The Hall–Kier alpha value is -3.27. The van der Waals surface area contributed by atoms with E-state index < -0.39 is 28.5 Å². The number of nitrogens with zero attached hydrogens (tertiary/aromatic N) is 2. The lowest BCUT2D eigenvalue weighted by Gasteiger charge is -2.33. The molecule has 3 rings (SSSR count). The number of amides is 2. The fourth-order valence-electron chi connectivity index (χ4n) is 4.25. The molecule has 3 aromatic carbocycles. The van der Waals surface area contributed by atoms with Gasteiger partial charge in [0.2, 0.25) is 11.8 Å². The molecule has 0 aliphatic carbocycles. The molecule has 0 fully saturated rings. The average Bonchev–Trinajstić information content (AvgIpc) is 2.92. The molecule has 3 aromatic rings. The van der Waals surface area contributed by atoms with E-state index in [0.29, 0.717) is 27.8 Å². The summed E-state index contributed by atoms with van der Waals surface area (Å²) in [4.78, 5) is 28.7. The number of carbonyl (C=O) groups is 2. The summed E-state index contributed by atoms with van der Waals surface area (Å²) in [7, 11) is -2.67. The number of halogens is 2. The van der Waals surface area contributed by atoms with E-state index in [2.05, 4.69) is 5.32 Å². The maximum absolute atomic E-state index is 14.1. The van der Waals surface area contributed by atoms with Gasteiger partial charge in [0.1, 0.15) is 18.3 Å². The van der Waals surface area contributed by atoms with E-state index in [0.717, 1.165) is 9.87 Å². The van der Waals surface area contributed by atoms with Crippen molar-refractivity contribution in [3.8, 4) is 5.75 Å². The highest BCUT2D eigenvalue weighted by Gasteiger charge is 2.34. The first kappa shape index (κ1) is 32.2. The van der Waals surface area contributed by atoms with Gasteiger partial charge in [0, 0.05) is 22.6 Å². The summed E-state index contributed by atoms with van der Waals surface area (Å²) in [6.07, 6.45) is 0.294. The molecule has 0 aliphatic rings. The second-order valence-electron chi connectivity index (χ2n) is 9.87. The topological polar surface area (TPSA) is 96.0 Å². The number of hydrogen-bond acceptors (Lipinski definition) is 5. The number of nitrogens with one attached hydrogen (secondary N) is 1. The minimum Gasteiger partial charge on any atom is -0.497 e. The van der Waals surface area contributed by atoms with Gasteiger partial charge in [-0.15, -0.1) is 0 Å². The van der Waals surface area contributed by atoms with Gasteiger partial charge in [-0.1, -0.05) is 53.9 Å². The second-order valence-corrected chi connectivity index (χ2v) is 12.6. The average molecular weight is 621 g/mol. The Balaban J connectivity index is 2.09. The molecule has 0 aromatic heterocycles. The molecule has 1 unspecified atom stereocenters. The van der Waals surface area contributed by atoms with Crippen LogP contribution >= 0.6 is 23.2 Å². The Bertz CT molecular complexity index is 1460. The smallest absolute Gasteiger partial charge is 0.264 e. The van der Waals surface area contributed by atoms with Gasteiger partial charge in [-0.3, -0.25) is 13.9 Å². The summed E-state index contributed by atoms with van der Waals surface area (Å²) >= 11 is 12.5. The number of methoxy groups -OCH3 is 1. The highest BCUT2D eigenvalue weighted by atomic mass is 35.5. The number of benzene rings is 3. The van der Waals surface area contributed by atoms with Crippen molar-refractivity contribution in [2.75, 3.05) is 18.0 Å². The van der Waals surface area contributed by atoms with E-state index in [1.54, 1.807) is 61.5 Å². The summed E-state index contributed by atoms with van der Waals surface area (Å²) in [5, 5.41) is 3.62. The van der Waals surface area contributed by atoms with Crippen LogP contribution in [0.1, 0.15) is 38.3 Å². The molecule has 0 aliphatic heterocycles. The third-order valence-corrected chi connectivity index (χ3v) is 8.80. The molecule has 11 heteroatoms. The minimum atomic E-state index is -4.18. The third-order valence-electron chi connectivity index (χ3n) is 6.42. The van der Waals surface area contributed by atoms with E-state index in [-0.39, 0.29) is 29.1 Å². The largest absolute Gasteiger partial charge is 0.497 e. The number of ether oxygens (including phenoxy) is 1. The first-order valence-electron chi connectivity index (χ1n) is 13.1. The third kappa shape index (κ3) is 8.15. The Labute approximate surface area is 252 Å². The zero-order valence-corrected chi connectivity index (χ0v) is 26.1. The first-order valence-corrected chi connectivity index (χ1v) is 15.3. The van der Waals surface area contributed by atoms with E-state index in [1.807, 2.05) is 20.8 Å². The number of aryl methyl sites for hydroxylation is 1. The van der Waals surface area contributed by atoms with E-state index in [9.17, 15) is 18.0 Å². The van der Waals surface area contributed by atoms with Gasteiger partial charge in [0.25, 0.3) is 10.0 Å². The molecule has 0 radical (unpaired) electrons. The van der Waals surface area contributed by atoms with E-state index in [1.165, 1.54) is 24.1 Å². The molecule has 0 heterocycles. The van der Waals surface area contributed by atoms with Crippen molar-refractivity contribution in [3.63, 3.8) is 0 Å². The Morgan fingerprint density at radius 1 is 0.976 bits per heavy atom. The highest BCUT2D eigenvalue weighted by molar-refractivity contribution is 7.92. The monoisotopic (exact) mass is 619 g/mol. The summed E-state index contributed by atoms with van der Waals surface area (Å²) in [5.74, 6) is -0.394. The van der Waals surface area contributed by atoms with Crippen molar-refractivity contribution in [3.05, 3.63) is 87.9 Å². The van der Waals surface area contributed by atoms with Crippen molar-refractivity contribution in [1.29, 1.82) is 0 Å². The van der Waals surface area contributed by atoms with Crippen molar-refractivity contribution in [2.24, 2.45) is 0 Å². The Kier molecular flexibility index (Phi) is 11.1. The summed E-state index contributed by atoms with van der Waals surface area (Å²) in [5.41, 5.74) is 1.73. The van der Waals surface area contributed by atoms with Crippen LogP contribution in [0.3, 0.4) is 0 Å². The zero-order chi connectivity index (χ0) is 30.3. The van der Waals surface area contributed by atoms with E-state index in [4.69, 9.17) is 27.9 Å². The number of anilines is 1. The second kappa shape index (κ2) is 14.1. The van der Waals surface area contributed by atoms with Crippen LogP contribution in [0.2, 0.25) is 10.0 Å². The predicted molar refractivity (Wildman–Crippen MR) is 163 cm³/mol. The lowest BCUT2D eigenvalue weighted by Crippen LogP contribution is -2.53. The molecule has 0 bridgehead atoms. The summed E-state index contributed by atoms with van der Waals surface area (Å²) in [6.45, 7) is 6.71. The SMILES string of the molecule is CCC(C(=O)NC(C)C)N(Cc1ccc(Cl)cc1Cl)C(=O)CN(c1ccc(OC)cc1)S(=O)(=O)c1ccc(C)cc1. The molecular weight excluding hydrogens is 585 g/mol. The van der Waals surface area contributed by atoms with Crippen LogP contribution in [0.4, 0.5) is 5.69 Å². The van der Waals surface area contributed by atoms with Gasteiger partial charge in [-0.05, 0) is 81.3 Å². The predicted octanol–water partition coefficient (Wildman–Crippen LogP) is 5.84. The van der Waals surface area contributed by atoms with Gasteiger partial charge in [0.15, 0.2) is 0 Å². The summed E-state index contributed by atoms with van der Waals surface area (Å²) < 4.78 is 34.1. The Morgan fingerprint density at radius 3 is 2.15 bits per heavy atom. The molecule has 220 valence electrons. The van der Waals surface area contributed by atoms with Crippen LogP contribution in [0.5, 0.6) is 5.75 Å². The van der Waals surface area contributed by atoms with Crippen molar-refractivity contribution in [1.82, 2.24) is 10.2 Å². The quantitative estimate of drug-likeness (QED) is 0.275. The minimum absolute atomic E-state index is 0.0279. The first-order chi connectivity index (χ1) is 19.4. The summed E-state index contributed by atoms with van der Waals surface area (Å²) in [6, 6.07) is 16.6. The number of hydrogen-bond donors (Lipinski definition) is 1.